The summed E-state index contributed by atoms with van der Waals surface area (Å²) in [5.74, 6) is -0.0878. The molecule has 1 atom stereocenters. The third-order valence-corrected chi connectivity index (χ3v) is 2.78. The first-order valence-corrected chi connectivity index (χ1v) is 5.94. The van der Waals surface area contributed by atoms with Crippen LogP contribution in [0, 0.1) is 19.8 Å². The molecule has 1 rings (SSSR count). The lowest BCUT2D eigenvalue weighted by molar-refractivity contribution is -0.124. The maximum Gasteiger partial charge on any atom is 0.222 e. The number of aryl methyl sites for hydroxylation is 2. The van der Waals surface area contributed by atoms with Crippen LogP contribution in [0.15, 0.2) is 18.2 Å². The van der Waals surface area contributed by atoms with Gasteiger partial charge in [0.05, 0.1) is 6.10 Å². The second kappa shape index (κ2) is 5.82. The van der Waals surface area contributed by atoms with E-state index in [1.165, 1.54) is 5.56 Å². The molecule has 0 saturated heterocycles. The molecule has 1 unspecified atom stereocenters. The minimum absolute atomic E-state index is 0.0335. The Morgan fingerprint density at radius 3 is 2.53 bits per heavy atom. The second-order valence-electron chi connectivity index (χ2n) is 4.78. The molecule has 17 heavy (non-hydrogen) atoms. The number of aliphatic hydroxyl groups excluding tert-OH is 1. The molecule has 94 valence electrons. The lowest BCUT2D eigenvalue weighted by Gasteiger charge is -2.16. The Balaban J connectivity index is 2.64. The first-order valence-electron chi connectivity index (χ1n) is 5.94. The molecule has 0 aliphatic heterocycles. The highest BCUT2D eigenvalue weighted by atomic mass is 16.3. The summed E-state index contributed by atoms with van der Waals surface area (Å²) in [4.78, 5) is 11.4. The summed E-state index contributed by atoms with van der Waals surface area (Å²) in [5, 5.41) is 12.7. The van der Waals surface area contributed by atoms with E-state index in [4.69, 9.17) is 0 Å². The van der Waals surface area contributed by atoms with Gasteiger partial charge in [-0.15, -0.1) is 0 Å². The highest BCUT2D eigenvalue weighted by Gasteiger charge is 2.13. The predicted octanol–water partition coefficient (Wildman–Crippen LogP) is 2.11. The number of nitrogens with one attached hydrogen (secondary N) is 1. The molecule has 0 aromatic heterocycles. The molecular formula is C14H21NO2. The Bertz CT molecular complexity index is 399. The monoisotopic (exact) mass is 235 g/mol. The lowest BCUT2D eigenvalue weighted by Crippen LogP contribution is -2.31. The standard InChI is InChI=1S/C14H21NO2/c1-9(2)14(17)15-8-13(16)12-6-5-10(3)7-11(12)4/h5-7,9,13,16H,8H2,1-4H3,(H,15,17). The van der Waals surface area contributed by atoms with Gasteiger partial charge in [-0.3, -0.25) is 4.79 Å². The minimum Gasteiger partial charge on any atom is -0.387 e. The molecule has 3 nitrogen and oxygen atoms in total. The number of hydrogen-bond donors (Lipinski definition) is 2. The van der Waals surface area contributed by atoms with Crippen molar-refractivity contribution >= 4 is 5.91 Å². The van der Waals surface area contributed by atoms with Crippen molar-refractivity contribution in [1.82, 2.24) is 5.32 Å². The maximum absolute atomic E-state index is 11.4. The van der Waals surface area contributed by atoms with E-state index in [0.717, 1.165) is 11.1 Å². The van der Waals surface area contributed by atoms with Gasteiger partial charge in [0.1, 0.15) is 0 Å². The molecule has 2 N–H and O–H groups in total. The Kier molecular flexibility index (Phi) is 4.70. The Hall–Kier alpha value is -1.35. The average Bonchev–Trinajstić information content (AvgIpc) is 2.25. The highest BCUT2D eigenvalue weighted by molar-refractivity contribution is 5.77. The van der Waals surface area contributed by atoms with Gasteiger partial charge < -0.3 is 10.4 Å². The average molecular weight is 235 g/mol. The summed E-state index contributed by atoms with van der Waals surface area (Å²) in [5.41, 5.74) is 3.10. The molecule has 0 fully saturated rings. The molecule has 0 heterocycles. The van der Waals surface area contributed by atoms with Gasteiger partial charge in [-0.2, -0.15) is 0 Å². The number of hydrogen-bond acceptors (Lipinski definition) is 2. The number of carbonyl (C=O) groups is 1. The SMILES string of the molecule is Cc1ccc(C(O)CNC(=O)C(C)C)c(C)c1. The van der Waals surface area contributed by atoms with E-state index in [1.54, 1.807) is 0 Å². The molecule has 1 aromatic carbocycles. The zero-order chi connectivity index (χ0) is 13.0. The van der Waals surface area contributed by atoms with Gasteiger partial charge in [0.2, 0.25) is 5.91 Å². The molecule has 0 aliphatic rings. The van der Waals surface area contributed by atoms with E-state index in [-0.39, 0.29) is 18.4 Å². The van der Waals surface area contributed by atoms with Crippen LogP contribution in [0.2, 0.25) is 0 Å². The number of aliphatic hydroxyl groups is 1. The van der Waals surface area contributed by atoms with Crippen molar-refractivity contribution in [3.8, 4) is 0 Å². The Morgan fingerprint density at radius 1 is 1.35 bits per heavy atom. The summed E-state index contributed by atoms with van der Waals surface area (Å²) in [6.45, 7) is 7.91. The van der Waals surface area contributed by atoms with Crippen LogP contribution in [0.4, 0.5) is 0 Å². The number of rotatable bonds is 4. The van der Waals surface area contributed by atoms with E-state index in [0.29, 0.717) is 0 Å². The fourth-order valence-corrected chi connectivity index (χ4v) is 1.71. The first-order chi connectivity index (χ1) is 7.91. The zero-order valence-electron chi connectivity index (χ0n) is 10.9. The molecule has 1 aromatic rings. The van der Waals surface area contributed by atoms with Gasteiger partial charge in [-0.25, -0.2) is 0 Å². The minimum atomic E-state index is -0.640. The summed E-state index contributed by atoms with van der Waals surface area (Å²) in [6, 6.07) is 5.91. The van der Waals surface area contributed by atoms with E-state index in [9.17, 15) is 9.90 Å². The van der Waals surface area contributed by atoms with Gasteiger partial charge in [-0.05, 0) is 25.0 Å². The van der Waals surface area contributed by atoms with E-state index >= 15 is 0 Å². The quantitative estimate of drug-likeness (QED) is 0.839. The summed E-state index contributed by atoms with van der Waals surface area (Å²) < 4.78 is 0. The summed E-state index contributed by atoms with van der Waals surface area (Å²) in [7, 11) is 0. The van der Waals surface area contributed by atoms with Crippen molar-refractivity contribution in [1.29, 1.82) is 0 Å². The van der Waals surface area contributed by atoms with Gasteiger partial charge in [0.15, 0.2) is 0 Å². The van der Waals surface area contributed by atoms with Gasteiger partial charge in [-0.1, -0.05) is 37.6 Å². The van der Waals surface area contributed by atoms with Gasteiger partial charge >= 0.3 is 0 Å². The van der Waals surface area contributed by atoms with Crippen LogP contribution in [-0.2, 0) is 4.79 Å². The van der Waals surface area contributed by atoms with Crippen LogP contribution >= 0.6 is 0 Å². The number of amides is 1. The van der Waals surface area contributed by atoms with Gasteiger partial charge in [0.25, 0.3) is 0 Å². The molecule has 0 spiro atoms. The van der Waals surface area contributed by atoms with Crippen LogP contribution < -0.4 is 5.32 Å². The van der Waals surface area contributed by atoms with Crippen molar-refractivity contribution in [3.05, 3.63) is 34.9 Å². The molecule has 3 heteroatoms. The molecule has 0 aliphatic carbocycles. The molecule has 1 amide bonds. The smallest absolute Gasteiger partial charge is 0.222 e. The first kappa shape index (κ1) is 13.7. The lowest BCUT2D eigenvalue weighted by atomic mass is 10.0. The normalized spacial score (nSPS) is 12.6. The van der Waals surface area contributed by atoms with Crippen molar-refractivity contribution in [3.63, 3.8) is 0 Å². The van der Waals surface area contributed by atoms with E-state index < -0.39 is 6.10 Å². The maximum atomic E-state index is 11.4. The van der Waals surface area contributed by atoms with Crippen LogP contribution in [0.3, 0.4) is 0 Å². The third-order valence-electron chi connectivity index (χ3n) is 2.78. The van der Waals surface area contributed by atoms with Crippen LogP contribution in [0.25, 0.3) is 0 Å². The van der Waals surface area contributed by atoms with E-state index in [1.807, 2.05) is 45.9 Å². The number of carbonyl (C=O) groups excluding carboxylic acids is 1. The fourth-order valence-electron chi connectivity index (χ4n) is 1.71. The topological polar surface area (TPSA) is 49.3 Å². The van der Waals surface area contributed by atoms with Crippen LogP contribution in [-0.4, -0.2) is 17.6 Å². The van der Waals surface area contributed by atoms with Gasteiger partial charge in [0, 0.05) is 12.5 Å². The molecule has 0 radical (unpaired) electrons. The zero-order valence-corrected chi connectivity index (χ0v) is 10.9. The predicted molar refractivity (Wildman–Crippen MR) is 68.7 cm³/mol. The molecule has 0 bridgehead atoms. The van der Waals surface area contributed by atoms with Crippen LogP contribution in [0.5, 0.6) is 0 Å². The summed E-state index contributed by atoms with van der Waals surface area (Å²) >= 11 is 0. The largest absolute Gasteiger partial charge is 0.387 e. The van der Waals surface area contributed by atoms with Crippen molar-refractivity contribution in [2.75, 3.05) is 6.54 Å². The Labute approximate surface area is 103 Å². The van der Waals surface area contributed by atoms with E-state index in [2.05, 4.69) is 5.32 Å². The number of benzene rings is 1. The molecular weight excluding hydrogens is 214 g/mol. The van der Waals surface area contributed by atoms with Crippen LogP contribution in [0.1, 0.15) is 36.6 Å². The third kappa shape index (κ3) is 3.86. The second-order valence-corrected chi connectivity index (χ2v) is 4.78. The highest BCUT2D eigenvalue weighted by Crippen LogP contribution is 2.18. The van der Waals surface area contributed by atoms with Crippen molar-refractivity contribution in [2.24, 2.45) is 5.92 Å². The Morgan fingerprint density at radius 2 is 2.00 bits per heavy atom. The van der Waals surface area contributed by atoms with Crippen molar-refractivity contribution < 1.29 is 9.90 Å². The fraction of sp³-hybridized carbons (Fsp3) is 0.500. The summed E-state index contributed by atoms with van der Waals surface area (Å²) in [6.07, 6.45) is -0.640. The molecule has 0 saturated carbocycles. The van der Waals surface area contributed by atoms with Crippen molar-refractivity contribution in [2.45, 2.75) is 33.8 Å².